The summed E-state index contributed by atoms with van der Waals surface area (Å²) < 4.78 is 54.1. The van der Waals surface area contributed by atoms with Crippen LogP contribution in [0.2, 0.25) is 0 Å². The molecule has 0 aliphatic carbocycles. The molecule has 2 rings (SSSR count). The fraction of sp³-hybridized carbons (Fsp3) is 0.111. The van der Waals surface area contributed by atoms with Crippen molar-refractivity contribution >= 4 is 11.0 Å². The fourth-order valence-corrected chi connectivity index (χ4v) is 1.14. The Balaban J connectivity index is 2.71. The molecule has 1 radical (unpaired) electrons. The van der Waals surface area contributed by atoms with Crippen LogP contribution in [0.4, 0.5) is 17.6 Å². The van der Waals surface area contributed by atoms with Crippen LogP contribution in [0.5, 0.6) is 0 Å². The van der Waals surface area contributed by atoms with Crippen LogP contribution in [-0.2, 0) is 6.18 Å². The van der Waals surface area contributed by atoms with Gasteiger partial charge in [0, 0.05) is 5.39 Å². The Bertz CT molecular complexity index is 469. The third kappa shape index (κ3) is 1.34. The number of benzene rings is 1. The first-order valence-electron chi connectivity index (χ1n) is 3.65. The van der Waals surface area contributed by atoms with Gasteiger partial charge in [0.25, 0.3) is 0 Å². The largest absolute Gasteiger partial charge is 0.453 e. The highest BCUT2D eigenvalue weighted by atomic mass is 19.4. The Morgan fingerprint density at radius 3 is 2.57 bits per heavy atom. The van der Waals surface area contributed by atoms with E-state index in [4.69, 9.17) is 0 Å². The first-order chi connectivity index (χ1) is 6.48. The van der Waals surface area contributed by atoms with E-state index in [1.54, 1.807) is 0 Å². The van der Waals surface area contributed by atoms with E-state index in [0.29, 0.717) is 6.07 Å². The van der Waals surface area contributed by atoms with Gasteiger partial charge in [-0.15, -0.1) is 0 Å². The number of furan rings is 1. The summed E-state index contributed by atoms with van der Waals surface area (Å²) in [5, 5.41) is 0.260. The van der Waals surface area contributed by atoms with Gasteiger partial charge in [-0.2, -0.15) is 13.2 Å². The minimum atomic E-state index is -4.70. The summed E-state index contributed by atoms with van der Waals surface area (Å²) >= 11 is 0. The number of hydrogen-bond donors (Lipinski definition) is 0. The van der Waals surface area contributed by atoms with E-state index in [1.807, 2.05) is 0 Å². The number of halogens is 4. The molecule has 1 nitrogen and oxygen atoms in total. The van der Waals surface area contributed by atoms with Crippen molar-refractivity contribution in [1.82, 2.24) is 0 Å². The number of fused-ring (bicyclic) bond motifs is 1. The van der Waals surface area contributed by atoms with Crippen LogP contribution in [-0.4, -0.2) is 0 Å². The number of alkyl halides is 3. The first kappa shape index (κ1) is 9.05. The van der Waals surface area contributed by atoms with E-state index in [2.05, 4.69) is 10.7 Å². The van der Waals surface area contributed by atoms with Gasteiger partial charge in [-0.25, -0.2) is 4.39 Å². The van der Waals surface area contributed by atoms with Crippen LogP contribution < -0.4 is 0 Å². The molecular formula is C9H3F4O. The normalized spacial score (nSPS) is 12.3. The zero-order valence-electron chi connectivity index (χ0n) is 6.65. The maximum absolute atomic E-state index is 12.9. The van der Waals surface area contributed by atoms with Crippen molar-refractivity contribution in [2.45, 2.75) is 6.18 Å². The molecule has 0 atom stereocenters. The lowest BCUT2D eigenvalue weighted by atomic mass is 10.1. The van der Waals surface area contributed by atoms with Crippen LogP contribution >= 0.6 is 0 Å². The smallest absolute Gasteiger partial charge is 0.419 e. The molecule has 0 amide bonds. The molecule has 0 N–H and O–H groups in total. The molecule has 5 heteroatoms. The second-order valence-electron chi connectivity index (χ2n) is 2.73. The highest BCUT2D eigenvalue weighted by Gasteiger charge is 2.34. The van der Waals surface area contributed by atoms with E-state index < -0.39 is 17.6 Å². The van der Waals surface area contributed by atoms with Crippen LogP contribution in [0, 0.1) is 12.1 Å². The minimum Gasteiger partial charge on any atom is -0.453 e. The molecule has 0 saturated heterocycles. The lowest BCUT2D eigenvalue weighted by molar-refractivity contribution is -0.139. The topological polar surface area (TPSA) is 13.1 Å². The third-order valence-electron chi connectivity index (χ3n) is 1.79. The zero-order valence-corrected chi connectivity index (χ0v) is 6.65. The molecule has 0 fully saturated rings. The summed E-state index contributed by atoms with van der Waals surface area (Å²) in [5.74, 6) is -1.31. The van der Waals surface area contributed by atoms with Crippen LogP contribution in [0.1, 0.15) is 5.56 Å². The van der Waals surface area contributed by atoms with E-state index in [-0.39, 0.29) is 11.0 Å². The second-order valence-corrected chi connectivity index (χ2v) is 2.73. The molecule has 2 aromatic rings. The molecule has 1 aromatic heterocycles. The lowest BCUT2D eigenvalue weighted by Crippen LogP contribution is -2.07. The Kier molecular flexibility index (Phi) is 1.77. The Labute approximate surface area is 75.9 Å². The van der Waals surface area contributed by atoms with Gasteiger partial charge in [-0.05, 0) is 18.2 Å². The van der Waals surface area contributed by atoms with Gasteiger partial charge in [0.1, 0.15) is 11.4 Å². The molecule has 0 spiro atoms. The molecule has 0 aliphatic heterocycles. The minimum absolute atomic E-state index is 0.0290. The van der Waals surface area contributed by atoms with Crippen molar-refractivity contribution in [2.75, 3.05) is 0 Å². The maximum Gasteiger partial charge on any atom is 0.419 e. The molecule has 1 heterocycles. The summed E-state index contributed by atoms with van der Waals surface area (Å²) in [5.41, 5.74) is -1.35. The molecule has 0 saturated carbocycles. The van der Waals surface area contributed by atoms with Gasteiger partial charge in [-0.3, -0.25) is 0 Å². The van der Waals surface area contributed by atoms with E-state index in [0.717, 1.165) is 6.07 Å². The summed E-state index contributed by atoms with van der Waals surface area (Å²) in [6, 6.07) is 2.68. The molecule has 73 valence electrons. The van der Waals surface area contributed by atoms with Crippen molar-refractivity contribution < 1.29 is 22.0 Å². The zero-order chi connectivity index (χ0) is 10.3. The van der Waals surface area contributed by atoms with Crippen LogP contribution in [0.15, 0.2) is 22.6 Å². The Morgan fingerprint density at radius 1 is 1.21 bits per heavy atom. The average molecular weight is 203 g/mol. The molecule has 0 unspecified atom stereocenters. The van der Waals surface area contributed by atoms with Crippen LogP contribution in [0.25, 0.3) is 11.0 Å². The van der Waals surface area contributed by atoms with Gasteiger partial charge >= 0.3 is 6.18 Å². The standard InChI is InChI=1S/C9H3F4O/c10-7-3-5-1-2-14-8(5)4-6(7)9(11,12)13/h1,3-4H. The summed E-state index contributed by atoms with van der Waals surface area (Å²) in [4.78, 5) is 0. The average Bonchev–Trinajstić information content (AvgIpc) is 2.47. The van der Waals surface area contributed by atoms with Gasteiger partial charge in [0.05, 0.1) is 5.56 Å². The lowest BCUT2D eigenvalue weighted by Gasteiger charge is -2.06. The summed E-state index contributed by atoms with van der Waals surface area (Å²) in [6.45, 7) is 0. The van der Waals surface area contributed by atoms with E-state index in [9.17, 15) is 17.6 Å². The Hall–Kier alpha value is -1.52. The van der Waals surface area contributed by atoms with Crippen molar-refractivity contribution in [3.05, 3.63) is 35.8 Å². The van der Waals surface area contributed by atoms with Gasteiger partial charge in [0.15, 0.2) is 6.26 Å². The molecular weight excluding hydrogens is 200 g/mol. The maximum atomic E-state index is 12.9. The van der Waals surface area contributed by atoms with Gasteiger partial charge < -0.3 is 4.42 Å². The van der Waals surface area contributed by atoms with Gasteiger partial charge in [0.2, 0.25) is 0 Å². The quantitative estimate of drug-likeness (QED) is 0.598. The summed E-state index contributed by atoms with van der Waals surface area (Å²) in [6.07, 6.45) is -2.47. The molecule has 14 heavy (non-hydrogen) atoms. The van der Waals surface area contributed by atoms with Gasteiger partial charge in [-0.1, -0.05) is 0 Å². The van der Waals surface area contributed by atoms with Crippen molar-refractivity contribution in [1.29, 1.82) is 0 Å². The monoisotopic (exact) mass is 203 g/mol. The van der Waals surface area contributed by atoms with Crippen molar-refractivity contribution in [3.63, 3.8) is 0 Å². The molecule has 0 bridgehead atoms. The van der Waals surface area contributed by atoms with E-state index >= 15 is 0 Å². The van der Waals surface area contributed by atoms with Crippen LogP contribution in [0.3, 0.4) is 0 Å². The number of rotatable bonds is 0. The second kappa shape index (κ2) is 2.73. The molecule has 1 aromatic carbocycles. The predicted molar refractivity (Wildman–Crippen MR) is 40.0 cm³/mol. The predicted octanol–water partition coefficient (Wildman–Crippen LogP) is 3.39. The van der Waals surface area contributed by atoms with E-state index in [1.165, 1.54) is 6.07 Å². The highest BCUT2D eigenvalue weighted by Crippen LogP contribution is 2.33. The fourth-order valence-electron chi connectivity index (χ4n) is 1.14. The first-order valence-corrected chi connectivity index (χ1v) is 3.65. The summed E-state index contributed by atoms with van der Waals surface area (Å²) in [7, 11) is 0. The van der Waals surface area contributed by atoms with Crippen molar-refractivity contribution in [3.8, 4) is 0 Å². The number of hydrogen-bond acceptors (Lipinski definition) is 1. The highest BCUT2D eigenvalue weighted by molar-refractivity contribution is 5.77. The van der Waals surface area contributed by atoms with Crippen molar-refractivity contribution in [2.24, 2.45) is 0 Å². The molecule has 0 aliphatic rings. The Morgan fingerprint density at radius 2 is 1.93 bits per heavy atom. The SMILES string of the molecule is Fc1cc2c[c]oc2cc1C(F)(F)F. The third-order valence-corrected chi connectivity index (χ3v) is 1.79.